The molecule has 0 unspecified atom stereocenters. The Morgan fingerprint density at radius 2 is 1.68 bits per heavy atom. The molecule has 0 amide bonds. The van der Waals surface area contributed by atoms with E-state index >= 15 is 0 Å². The van der Waals surface area contributed by atoms with Crippen LogP contribution >= 0.6 is 0 Å². The maximum Gasteiger partial charge on any atom is 0.368 e. The van der Waals surface area contributed by atoms with Gasteiger partial charge in [-0.05, 0) is 34.9 Å². The van der Waals surface area contributed by atoms with Crippen molar-refractivity contribution >= 4 is 22.2 Å². The van der Waals surface area contributed by atoms with Gasteiger partial charge in [0.1, 0.15) is 25.6 Å². The van der Waals surface area contributed by atoms with Crippen molar-refractivity contribution in [3.05, 3.63) is 77.9 Å². The van der Waals surface area contributed by atoms with Gasteiger partial charge in [-0.15, -0.1) is 0 Å². The summed E-state index contributed by atoms with van der Waals surface area (Å²) in [4.78, 5) is 0. The van der Waals surface area contributed by atoms with Crippen LogP contribution in [0.1, 0.15) is 11.1 Å². The van der Waals surface area contributed by atoms with Gasteiger partial charge in [-0.3, -0.25) is 0 Å². The maximum atomic E-state index is 6.25. The topological polar surface area (TPSA) is 21.5 Å². The highest BCUT2D eigenvalue weighted by Crippen LogP contribution is 2.41. The van der Waals surface area contributed by atoms with Gasteiger partial charge < -0.3 is 9.47 Å². The van der Waals surface area contributed by atoms with Gasteiger partial charge in [0.25, 0.3) is 0 Å². The Morgan fingerprint density at radius 3 is 2.40 bits per heavy atom. The fourth-order valence-electron chi connectivity index (χ4n) is 3.25. The van der Waals surface area contributed by atoms with Crippen LogP contribution in [0, 0.1) is 0 Å². The quantitative estimate of drug-likeness (QED) is 0.652. The van der Waals surface area contributed by atoms with E-state index in [0.717, 1.165) is 44.9 Å². The van der Waals surface area contributed by atoms with Crippen LogP contribution in [0.2, 0.25) is 0 Å². The molecule has 1 aliphatic heterocycles. The molecule has 0 aromatic heterocycles. The molecule has 4 rings (SSSR count). The average molecular weight is 330 g/mol. The Hall–Kier alpha value is -3.07. The van der Waals surface area contributed by atoms with E-state index in [-0.39, 0.29) is 0 Å². The van der Waals surface area contributed by atoms with E-state index < -0.39 is 0 Å². The average Bonchev–Trinajstić information content (AvgIpc) is 2.81. The Morgan fingerprint density at radius 1 is 0.880 bits per heavy atom. The van der Waals surface area contributed by atoms with Crippen molar-refractivity contribution in [2.45, 2.75) is 0 Å². The lowest BCUT2D eigenvalue weighted by Crippen LogP contribution is -2.17. The van der Waals surface area contributed by atoms with Gasteiger partial charge in [0.15, 0.2) is 0 Å². The smallest absolute Gasteiger partial charge is 0.368 e. The first-order valence-electron chi connectivity index (χ1n) is 8.28. The standard InChI is InChI=1S/C22H20NO2/c1-23(2)21-14-18(15-8-5-4-6-9-15)16-12-13-19(24-3)17-10-7-11-20(25-21)22(16)17/h4-14H,1-3H3/q+1. The summed E-state index contributed by atoms with van der Waals surface area (Å²) in [7, 11) is 5.68. The zero-order valence-electron chi connectivity index (χ0n) is 14.6. The van der Waals surface area contributed by atoms with E-state index in [1.165, 1.54) is 0 Å². The van der Waals surface area contributed by atoms with Gasteiger partial charge in [-0.2, -0.15) is 0 Å². The fraction of sp³-hybridized carbons (Fsp3) is 0.136. The van der Waals surface area contributed by atoms with Gasteiger partial charge in [0.05, 0.1) is 13.2 Å². The second kappa shape index (κ2) is 6.10. The third-order valence-electron chi connectivity index (χ3n) is 4.48. The van der Waals surface area contributed by atoms with E-state index in [9.17, 15) is 0 Å². The second-order valence-corrected chi connectivity index (χ2v) is 6.25. The highest BCUT2D eigenvalue weighted by Gasteiger charge is 2.23. The summed E-state index contributed by atoms with van der Waals surface area (Å²) in [5, 5.41) is 2.13. The molecule has 0 radical (unpaired) electrons. The fourth-order valence-corrected chi connectivity index (χ4v) is 3.25. The summed E-state index contributed by atoms with van der Waals surface area (Å²) in [6.45, 7) is 0. The molecule has 0 saturated carbocycles. The van der Waals surface area contributed by atoms with E-state index in [2.05, 4.69) is 42.5 Å². The van der Waals surface area contributed by atoms with Gasteiger partial charge >= 0.3 is 5.90 Å². The van der Waals surface area contributed by atoms with E-state index in [4.69, 9.17) is 9.47 Å². The van der Waals surface area contributed by atoms with Crippen LogP contribution in [0.25, 0.3) is 16.3 Å². The molecule has 0 aliphatic carbocycles. The monoisotopic (exact) mass is 330 g/mol. The minimum atomic E-state index is 0.807. The van der Waals surface area contributed by atoms with E-state index in [0.29, 0.717) is 0 Å². The third kappa shape index (κ3) is 2.58. The van der Waals surface area contributed by atoms with Crippen LogP contribution in [0.4, 0.5) is 0 Å². The van der Waals surface area contributed by atoms with Crippen molar-refractivity contribution in [2.24, 2.45) is 0 Å². The van der Waals surface area contributed by atoms with Gasteiger partial charge in [-0.25, -0.2) is 4.58 Å². The molecule has 25 heavy (non-hydrogen) atoms. The molecule has 3 aromatic rings. The predicted molar refractivity (Wildman–Crippen MR) is 102 cm³/mol. The Bertz CT molecular complexity index is 1010. The summed E-state index contributed by atoms with van der Waals surface area (Å²) < 4.78 is 13.8. The Labute approximate surface area is 147 Å². The molecule has 0 bridgehead atoms. The largest absolute Gasteiger partial charge is 0.496 e. The van der Waals surface area contributed by atoms with Crippen molar-refractivity contribution in [1.82, 2.24) is 0 Å². The molecule has 3 nitrogen and oxygen atoms in total. The van der Waals surface area contributed by atoms with Crippen LogP contribution in [-0.2, 0) is 0 Å². The number of hydrogen-bond donors (Lipinski definition) is 0. The molecular weight excluding hydrogens is 310 g/mol. The lowest BCUT2D eigenvalue weighted by molar-refractivity contribution is -0.471. The van der Waals surface area contributed by atoms with Crippen LogP contribution in [0.5, 0.6) is 11.5 Å². The molecule has 0 fully saturated rings. The third-order valence-corrected chi connectivity index (χ3v) is 4.48. The molecule has 0 saturated heterocycles. The van der Waals surface area contributed by atoms with Crippen LogP contribution in [0.15, 0.2) is 66.7 Å². The second-order valence-electron chi connectivity index (χ2n) is 6.25. The first-order chi connectivity index (χ1) is 12.2. The lowest BCUT2D eigenvalue weighted by atomic mass is 9.92. The van der Waals surface area contributed by atoms with Crippen molar-refractivity contribution < 1.29 is 14.0 Å². The number of methoxy groups -OCH3 is 1. The molecule has 124 valence electrons. The summed E-state index contributed by atoms with van der Waals surface area (Å²) in [5.41, 5.74) is 3.45. The number of nitrogens with zero attached hydrogens (tertiary/aromatic N) is 1. The summed E-state index contributed by atoms with van der Waals surface area (Å²) >= 11 is 0. The molecule has 0 N–H and O–H groups in total. The number of benzene rings is 3. The van der Waals surface area contributed by atoms with Crippen LogP contribution in [0.3, 0.4) is 0 Å². The van der Waals surface area contributed by atoms with Gasteiger partial charge in [-0.1, -0.05) is 42.5 Å². The number of ether oxygens (including phenoxy) is 2. The molecule has 0 atom stereocenters. The SMILES string of the molecule is COc1ccc2c3c(cccc13)OC(=[N+](C)C)C=C2c1ccccc1. The molecule has 3 heteroatoms. The zero-order valence-corrected chi connectivity index (χ0v) is 14.6. The zero-order chi connectivity index (χ0) is 17.4. The van der Waals surface area contributed by atoms with Crippen molar-refractivity contribution in [1.29, 1.82) is 0 Å². The Balaban J connectivity index is 2.11. The minimum Gasteiger partial charge on any atom is -0.496 e. The summed E-state index contributed by atoms with van der Waals surface area (Å²) in [6, 6.07) is 20.6. The van der Waals surface area contributed by atoms with E-state index in [1.807, 2.05) is 42.9 Å². The molecular formula is C22H20NO2+. The van der Waals surface area contributed by atoms with Gasteiger partial charge in [0.2, 0.25) is 0 Å². The van der Waals surface area contributed by atoms with Crippen molar-refractivity contribution in [3.63, 3.8) is 0 Å². The predicted octanol–water partition coefficient (Wildman–Crippen LogP) is 4.34. The minimum absolute atomic E-state index is 0.807. The maximum absolute atomic E-state index is 6.25. The first kappa shape index (κ1) is 15.5. The van der Waals surface area contributed by atoms with Gasteiger partial charge in [0, 0.05) is 10.8 Å². The summed E-state index contributed by atoms with van der Waals surface area (Å²) in [6.07, 6.45) is 2.11. The normalized spacial score (nSPS) is 13.1. The molecule has 1 aliphatic rings. The van der Waals surface area contributed by atoms with Crippen LogP contribution < -0.4 is 9.47 Å². The van der Waals surface area contributed by atoms with Crippen molar-refractivity contribution in [3.8, 4) is 11.5 Å². The number of hydrogen-bond acceptors (Lipinski definition) is 2. The number of rotatable bonds is 2. The molecule has 1 heterocycles. The lowest BCUT2D eigenvalue weighted by Gasteiger charge is -2.13. The Kier molecular flexibility index (Phi) is 3.77. The summed E-state index contributed by atoms with van der Waals surface area (Å²) in [5.74, 6) is 2.50. The van der Waals surface area contributed by atoms with Crippen molar-refractivity contribution in [2.75, 3.05) is 21.2 Å². The van der Waals surface area contributed by atoms with Crippen LogP contribution in [-0.4, -0.2) is 31.7 Å². The first-order valence-corrected chi connectivity index (χ1v) is 8.28. The highest BCUT2D eigenvalue weighted by molar-refractivity contribution is 6.10. The van der Waals surface area contributed by atoms with E-state index in [1.54, 1.807) is 7.11 Å². The molecule has 3 aromatic carbocycles. The molecule has 0 spiro atoms. The highest BCUT2D eigenvalue weighted by atomic mass is 16.5.